The number of nitrogens with zero attached hydrogens (tertiary/aromatic N) is 2. The summed E-state index contributed by atoms with van der Waals surface area (Å²) in [4.78, 5) is 2.41. The highest BCUT2D eigenvalue weighted by Crippen LogP contribution is 2.69. The Morgan fingerprint density at radius 3 is 1.69 bits per heavy atom. The van der Waals surface area contributed by atoms with E-state index >= 15 is 0 Å². The van der Waals surface area contributed by atoms with Crippen molar-refractivity contribution in [1.82, 2.24) is 4.57 Å². The maximum atomic E-state index is 6.97. The van der Waals surface area contributed by atoms with Gasteiger partial charge in [0, 0.05) is 56.1 Å². The SMILES string of the molecule is c1ccc2c(c1)Oc1cc(N(c3ccc(-c4ccc(-n5c6ccccc6c6ccccc65)cc4)cc3)c3ccc4ccccc4c3)ccc1C21C2CC3CC(C2)CC1C3. The highest BCUT2D eigenvalue weighted by Gasteiger charge is 2.61. The first-order valence-electron chi connectivity index (χ1n) is 21.6. The monoisotopic (exact) mass is 760 g/mol. The van der Waals surface area contributed by atoms with Crippen molar-refractivity contribution in [2.24, 2.45) is 23.7 Å². The summed E-state index contributed by atoms with van der Waals surface area (Å²) in [6.07, 6.45) is 6.84. The molecule has 4 bridgehead atoms. The predicted octanol–water partition coefficient (Wildman–Crippen LogP) is 14.9. The maximum absolute atomic E-state index is 6.97. The van der Waals surface area contributed by atoms with Gasteiger partial charge in [-0.15, -0.1) is 0 Å². The Morgan fingerprint density at radius 1 is 0.441 bits per heavy atom. The van der Waals surface area contributed by atoms with E-state index in [1.165, 1.54) is 86.9 Å². The van der Waals surface area contributed by atoms with Crippen molar-refractivity contribution in [3.05, 3.63) is 193 Å². The molecule has 3 heteroatoms. The highest BCUT2D eigenvalue weighted by atomic mass is 16.5. The van der Waals surface area contributed by atoms with Crippen LogP contribution in [-0.4, -0.2) is 4.57 Å². The van der Waals surface area contributed by atoms with Crippen molar-refractivity contribution in [2.75, 3.05) is 4.90 Å². The van der Waals surface area contributed by atoms with Gasteiger partial charge in [0.1, 0.15) is 11.5 Å². The number of anilines is 3. The van der Waals surface area contributed by atoms with Crippen LogP contribution in [0.2, 0.25) is 0 Å². The normalized spacial score (nSPS) is 22.4. The second kappa shape index (κ2) is 12.7. The number of ether oxygens (including phenoxy) is 1. The van der Waals surface area contributed by atoms with Crippen molar-refractivity contribution >= 4 is 49.6 Å². The smallest absolute Gasteiger partial charge is 0.133 e. The standard InChI is InChI=1S/C56H44N2O/c1-2-10-41-34-46(26-21-38(41)9-1)57(47-27-28-51-55(35-47)59-54-16-8-5-13-50(54)56(51)42-30-36-29-37(32-42)33-43(56)31-36)44-22-17-39(18-23-44)40-19-24-45(25-20-40)58-52-14-6-3-11-48(52)49-12-4-7-15-53(49)58/h1-28,34-37,42-43H,29-33H2. The Balaban J connectivity index is 0.900. The summed E-state index contributed by atoms with van der Waals surface area (Å²) in [7, 11) is 0. The average molecular weight is 761 g/mol. The quantitative estimate of drug-likeness (QED) is 0.174. The van der Waals surface area contributed by atoms with Crippen molar-refractivity contribution in [1.29, 1.82) is 0 Å². The van der Waals surface area contributed by atoms with E-state index in [4.69, 9.17) is 4.74 Å². The van der Waals surface area contributed by atoms with Crippen LogP contribution in [0.3, 0.4) is 0 Å². The predicted molar refractivity (Wildman–Crippen MR) is 243 cm³/mol. The third kappa shape index (κ3) is 4.94. The molecule has 284 valence electrons. The molecule has 3 nitrogen and oxygen atoms in total. The molecule has 1 aromatic heterocycles. The molecule has 0 atom stereocenters. The number of fused-ring (bicyclic) bond motifs is 6. The molecule has 1 aliphatic heterocycles. The number of benzene rings is 8. The molecular formula is C56H44N2O. The topological polar surface area (TPSA) is 17.4 Å². The summed E-state index contributed by atoms with van der Waals surface area (Å²) in [5.41, 5.74) is 12.2. The summed E-state index contributed by atoms with van der Waals surface area (Å²) in [5, 5.41) is 5.03. The van der Waals surface area contributed by atoms with Crippen molar-refractivity contribution in [2.45, 2.75) is 37.5 Å². The van der Waals surface area contributed by atoms with Gasteiger partial charge in [0.15, 0.2) is 0 Å². The Labute approximate surface area is 345 Å². The van der Waals surface area contributed by atoms with E-state index in [0.29, 0.717) is 11.8 Å². The number of para-hydroxylation sites is 3. The van der Waals surface area contributed by atoms with Crippen LogP contribution in [0, 0.1) is 23.7 Å². The minimum atomic E-state index is 0.0304. The lowest BCUT2D eigenvalue weighted by atomic mass is 9.42. The van der Waals surface area contributed by atoms with Crippen LogP contribution in [0.1, 0.15) is 43.2 Å². The fourth-order valence-corrected chi connectivity index (χ4v) is 12.6. The minimum Gasteiger partial charge on any atom is -0.457 e. The number of hydrogen-bond acceptors (Lipinski definition) is 2. The van der Waals surface area contributed by atoms with E-state index in [9.17, 15) is 0 Å². The Morgan fingerprint density at radius 2 is 0.983 bits per heavy atom. The molecule has 59 heavy (non-hydrogen) atoms. The Hall–Kier alpha value is -6.58. The van der Waals surface area contributed by atoms with Crippen LogP contribution in [0.25, 0.3) is 49.4 Å². The second-order valence-corrected chi connectivity index (χ2v) is 17.8. The molecule has 4 aliphatic carbocycles. The molecule has 0 radical (unpaired) electrons. The van der Waals surface area contributed by atoms with E-state index < -0.39 is 0 Å². The van der Waals surface area contributed by atoms with E-state index in [-0.39, 0.29) is 5.41 Å². The number of hydrogen-bond donors (Lipinski definition) is 0. The van der Waals surface area contributed by atoms with Gasteiger partial charge in [0.25, 0.3) is 0 Å². The Bertz CT molecular complexity index is 3020. The lowest BCUT2D eigenvalue weighted by molar-refractivity contribution is -0.0452. The summed E-state index contributed by atoms with van der Waals surface area (Å²) >= 11 is 0. The molecule has 0 saturated heterocycles. The van der Waals surface area contributed by atoms with Crippen LogP contribution in [-0.2, 0) is 5.41 Å². The summed E-state index contributed by atoms with van der Waals surface area (Å²) in [6.45, 7) is 0. The largest absolute Gasteiger partial charge is 0.457 e. The molecule has 5 aliphatic rings. The van der Waals surface area contributed by atoms with Crippen LogP contribution >= 0.6 is 0 Å². The van der Waals surface area contributed by atoms with Gasteiger partial charge in [-0.05, 0) is 138 Å². The Kier molecular flexibility index (Phi) is 7.19. The average Bonchev–Trinajstić information content (AvgIpc) is 3.62. The van der Waals surface area contributed by atoms with E-state index in [0.717, 1.165) is 46.1 Å². The third-order valence-corrected chi connectivity index (χ3v) is 14.8. The lowest BCUT2D eigenvalue weighted by Gasteiger charge is -2.63. The van der Waals surface area contributed by atoms with Gasteiger partial charge in [-0.25, -0.2) is 0 Å². The van der Waals surface area contributed by atoms with Crippen LogP contribution < -0.4 is 9.64 Å². The minimum absolute atomic E-state index is 0.0304. The molecule has 8 aromatic carbocycles. The third-order valence-electron chi connectivity index (χ3n) is 14.8. The molecule has 14 rings (SSSR count). The van der Waals surface area contributed by atoms with Gasteiger partial charge in [-0.2, -0.15) is 0 Å². The van der Waals surface area contributed by atoms with Crippen LogP contribution in [0.4, 0.5) is 17.1 Å². The highest BCUT2D eigenvalue weighted by molar-refractivity contribution is 6.09. The summed E-state index contributed by atoms with van der Waals surface area (Å²) < 4.78 is 9.35. The van der Waals surface area contributed by atoms with E-state index in [1.807, 2.05) is 0 Å². The molecule has 2 heterocycles. The van der Waals surface area contributed by atoms with Gasteiger partial charge in [0.2, 0.25) is 0 Å². The lowest BCUT2D eigenvalue weighted by Crippen LogP contribution is -2.56. The first-order chi connectivity index (χ1) is 29.2. The van der Waals surface area contributed by atoms with E-state index in [1.54, 1.807) is 0 Å². The zero-order valence-corrected chi connectivity index (χ0v) is 33.0. The number of aromatic nitrogens is 1. The summed E-state index contributed by atoms with van der Waals surface area (Å²) in [5.74, 6) is 5.22. The molecule has 0 N–H and O–H groups in total. The van der Waals surface area contributed by atoms with Gasteiger partial charge < -0.3 is 14.2 Å². The maximum Gasteiger partial charge on any atom is 0.133 e. The molecule has 0 amide bonds. The molecule has 0 unspecified atom stereocenters. The van der Waals surface area contributed by atoms with Crippen molar-refractivity contribution in [3.63, 3.8) is 0 Å². The first kappa shape index (κ1) is 33.4. The van der Waals surface area contributed by atoms with Crippen LogP contribution in [0.15, 0.2) is 182 Å². The van der Waals surface area contributed by atoms with Crippen LogP contribution in [0.5, 0.6) is 11.5 Å². The fourth-order valence-electron chi connectivity index (χ4n) is 12.6. The zero-order chi connectivity index (χ0) is 38.7. The fraction of sp³-hybridized carbons (Fsp3) is 0.179. The summed E-state index contributed by atoms with van der Waals surface area (Å²) in [6, 6.07) is 67.2. The van der Waals surface area contributed by atoms with Gasteiger partial charge in [0.05, 0.1) is 11.0 Å². The van der Waals surface area contributed by atoms with Gasteiger partial charge in [-0.3, -0.25) is 0 Å². The van der Waals surface area contributed by atoms with Crippen molar-refractivity contribution in [3.8, 4) is 28.3 Å². The van der Waals surface area contributed by atoms with Gasteiger partial charge in [-0.1, -0.05) is 115 Å². The molecule has 4 saturated carbocycles. The molecular weight excluding hydrogens is 717 g/mol. The van der Waals surface area contributed by atoms with Crippen molar-refractivity contribution < 1.29 is 4.74 Å². The zero-order valence-electron chi connectivity index (χ0n) is 33.0. The number of rotatable bonds is 5. The molecule has 4 fully saturated rings. The van der Waals surface area contributed by atoms with E-state index in [2.05, 4.69) is 191 Å². The van der Waals surface area contributed by atoms with Gasteiger partial charge >= 0.3 is 0 Å². The first-order valence-corrected chi connectivity index (χ1v) is 21.6. The molecule has 1 spiro atoms. The second-order valence-electron chi connectivity index (χ2n) is 17.8. The molecule has 9 aromatic rings.